The number of allylic oxidation sites excluding steroid dienone is 1. The van der Waals surface area contributed by atoms with Gasteiger partial charge in [-0.05, 0) is 48.1 Å². The molecule has 1 N–H and O–H groups in total. The van der Waals surface area contributed by atoms with Crippen LogP contribution in [0.5, 0.6) is 0 Å². The van der Waals surface area contributed by atoms with Crippen LogP contribution >= 0.6 is 0 Å². The first kappa shape index (κ1) is 21.3. The van der Waals surface area contributed by atoms with Gasteiger partial charge in [0.1, 0.15) is 5.82 Å². The molecule has 0 saturated carbocycles. The minimum atomic E-state index is -0.584. The van der Waals surface area contributed by atoms with Gasteiger partial charge in [-0.15, -0.1) is 0 Å². The molecule has 1 amide bonds. The lowest BCUT2D eigenvalue weighted by Crippen LogP contribution is -2.39. The molecule has 1 aliphatic heterocycles. The summed E-state index contributed by atoms with van der Waals surface area (Å²) >= 11 is 0. The summed E-state index contributed by atoms with van der Waals surface area (Å²) in [5.41, 5.74) is 3.60. The first-order chi connectivity index (χ1) is 14.8. The van der Waals surface area contributed by atoms with Gasteiger partial charge in [-0.2, -0.15) is 0 Å². The number of carbonyl (C=O) groups excluding carboxylic acids is 2. The number of para-hydroxylation sites is 2. The smallest absolute Gasteiger partial charge is 0.227 e. The van der Waals surface area contributed by atoms with E-state index in [1.807, 2.05) is 24.3 Å². The van der Waals surface area contributed by atoms with E-state index in [0.29, 0.717) is 24.8 Å². The topological polar surface area (TPSA) is 49.4 Å². The van der Waals surface area contributed by atoms with Crippen molar-refractivity contribution in [2.45, 2.75) is 58.9 Å². The molecule has 0 unspecified atom stereocenters. The number of Topliss-reactive ketones (excluding diaryl/α,β-unsaturated/α-hetero) is 1. The van der Waals surface area contributed by atoms with E-state index >= 15 is 0 Å². The zero-order valence-corrected chi connectivity index (χ0v) is 18.4. The summed E-state index contributed by atoms with van der Waals surface area (Å²) in [5.74, 6) is -0.337. The quantitative estimate of drug-likeness (QED) is 0.644. The molecule has 5 heteroatoms. The van der Waals surface area contributed by atoms with Gasteiger partial charge in [0, 0.05) is 24.1 Å². The van der Waals surface area contributed by atoms with E-state index in [0.717, 1.165) is 35.5 Å². The number of hydrogen-bond acceptors (Lipinski definition) is 3. The lowest BCUT2D eigenvalue weighted by atomic mass is 9.73. The van der Waals surface area contributed by atoms with Crippen molar-refractivity contribution >= 4 is 23.1 Å². The van der Waals surface area contributed by atoms with Crippen LogP contribution in [0.4, 0.5) is 15.8 Å². The van der Waals surface area contributed by atoms with Crippen molar-refractivity contribution in [3.05, 3.63) is 71.2 Å². The Morgan fingerprint density at radius 2 is 1.84 bits per heavy atom. The highest BCUT2D eigenvalue weighted by Crippen LogP contribution is 2.48. The van der Waals surface area contributed by atoms with Gasteiger partial charge in [-0.1, -0.05) is 51.5 Å². The molecule has 162 valence electrons. The highest BCUT2D eigenvalue weighted by Gasteiger charge is 2.43. The Kier molecular flexibility index (Phi) is 5.69. The van der Waals surface area contributed by atoms with Crippen molar-refractivity contribution in [1.82, 2.24) is 0 Å². The highest BCUT2D eigenvalue weighted by molar-refractivity contribution is 6.06. The fraction of sp³-hybridized carbons (Fsp3) is 0.385. The van der Waals surface area contributed by atoms with Crippen molar-refractivity contribution in [3.63, 3.8) is 0 Å². The van der Waals surface area contributed by atoms with Gasteiger partial charge in [0.15, 0.2) is 5.78 Å². The van der Waals surface area contributed by atoms with Crippen molar-refractivity contribution in [3.8, 4) is 0 Å². The lowest BCUT2D eigenvalue weighted by Gasteiger charge is -2.37. The number of amides is 1. The van der Waals surface area contributed by atoms with Gasteiger partial charge in [-0.3, -0.25) is 14.5 Å². The maximum atomic E-state index is 13.7. The van der Waals surface area contributed by atoms with E-state index in [-0.39, 0.29) is 22.9 Å². The Morgan fingerprint density at radius 1 is 1.13 bits per heavy atom. The van der Waals surface area contributed by atoms with Crippen molar-refractivity contribution < 1.29 is 14.0 Å². The Balaban J connectivity index is 1.96. The number of unbranched alkanes of at least 4 members (excludes halogenated alkanes) is 1. The number of benzene rings is 2. The second kappa shape index (κ2) is 8.29. The minimum Gasteiger partial charge on any atom is -0.357 e. The third-order valence-electron chi connectivity index (χ3n) is 6.10. The Bertz CT molecular complexity index is 1040. The van der Waals surface area contributed by atoms with Crippen LogP contribution in [0.2, 0.25) is 0 Å². The maximum Gasteiger partial charge on any atom is 0.227 e. The molecule has 0 spiro atoms. The number of anilines is 2. The second-order valence-electron chi connectivity index (χ2n) is 9.30. The number of carbonyl (C=O) groups is 2. The molecule has 2 aromatic rings. The predicted octanol–water partition coefficient (Wildman–Crippen LogP) is 6.16. The van der Waals surface area contributed by atoms with Crippen LogP contribution in [0.15, 0.2) is 59.8 Å². The fourth-order valence-corrected chi connectivity index (χ4v) is 4.67. The summed E-state index contributed by atoms with van der Waals surface area (Å²) in [5, 5.41) is 3.49. The molecule has 31 heavy (non-hydrogen) atoms. The van der Waals surface area contributed by atoms with Crippen molar-refractivity contribution in [1.29, 1.82) is 0 Å². The number of nitrogens with zero attached hydrogens (tertiary/aromatic N) is 1. The fourth-order valence-electron chi connectivity index (χ4n) is 4.67. The van der Waals surface area contributed by atoms with E-state index in [1.54, 1.807) is 17.0 Å². The third-order valence-corrected chi connectivity index (χ3v) is 6.10. The summed E-state index contributed by atoms with van der Waals surface area (Å²) < 4.78 is 13.7. The molecule has 1 heterocycles. The monoisotopic (exact) mass is 420 g/mol. The van der Waals surface area contributed by atoms with Crippen LogP contribution in [0.1, 0.15) is 64.5 Å². The molecule has 1 atom stereocenters. The van der Waals surface area contributed by atoms with Gasteiger partial charge >= 0.3 is 0 Å². The number of halogens is 1. The van der Waals surface area contributed by atoms with Crippen LogP contribution in [0, 0.1) is 11.2 Å². The van der Waals surface area contributed by atoms with Gasteiger partial charge in [0.2, 0.25) is 5.91 Å². The summed E-state index contributed by atoms with van der Waals surface area (Å²) in [6.07, 6.45) is 3.19. The molecular formula is C26H29FN2O2. The molecule has 2 aromatic carbocycles. The normalized spacial score (nSPS) is 19.9. The van der Waals surface area contributed by atoms with E-state index in [4.69, 9.17) is 0 Å². The van der Waals surface area contributed by atoms with Gasteiger partial charge in [0.05, 0.1) is 17.4 Å². The molecule has 0 saturated heterocycles. The molecule has 0 radical (unpaired) electrons. The average molecular weight is 421 g/mol. The van der Waals surface area contributed by atoms with Gasteiger partial charge in [-0.25, -0.2) is 4.39 Å². The molecule has 0 fully saturated rings. The SMILES string of the molecule is CCCCC(=O)N1c2ccccc2NC2=C(C(=O)CC(C)(C)C2)[C@H]1c1ccc(F)cc1. The third kappa shape index (κ3) is 4.14. The Labute approximate surface area is 183 Å². The molecule has 2 aliphatic rings. The van der Waals surface area contributed by atoms with Crippen LogP contribution in [-0.2, 0) is 9.59 Å². The van der Waals surface area contributed by atoms with Crippen LogP contribution in [-0.4, -0.2) is 11.7 Å². The second-order valence-corrected chi connectivity index (χ2v) is 9.30. The molecule has 1 aliphatic carbocycles. The summed E-state index contributed by atoms with van der Waals surface area (Å²) in [6.45, 7) is 6.23. The van der Waals surface area contributed by atoms with Gasteiger partial charge < -0.3 is 5.32 Å². The zero-order valence-electron chi connectivity index (χ0n) is 18.4. The molecule has 0 bridgehead atoms. The van der Waals surface area contributed by atoms with E-state index in [1.165, 1.54) is 12.1 Å². The molecule has 4 nitrogen and oxygen atoms in total. The number of rotatable bonds is 4. The van der Waals surface area contributed by atoms with E-state index in [9.17, 15) is 14.0 Å². The molecular weight excluding hydrogens is 391 g/mol. The van der Waals surface area contributed by atoms with E-state index < -0.39 is 6.04 Å². The van der Waals surface area contributed by atoms with Gasteiger partial charge in [0.25, 0.3) is 0 Å². The lowest BCUT2D eigenvalue weighted by molar-refractivity contribution is -0.119. The molecule has 4 rings (SSSR count). The standard InChI is InChI=1S/C26H29FN2O2/c1-4-5-10-23(31)29-21-9-7-6-8-19(21)28-20-15-26(2,3)16-22(30)24(20)25(29)17-11-13-18(27)14-12-17/h6-9,11-14,25,28H,4-5,10,15-16H2,1-3H3/t25-/m1/s1. The van der Waals surface area contributed by atoms with Crippen LogP contribution in [0.3, 0.4) is 0 Å². The average Bonchev–Trinajstić information content (AvgIpc) is 2.86. The first-order valence-corrected chi connectivity index (χ1v) is 11.0. The number of fused-ring (bicyclic) bond motifs is 1. The zero-order chi connectivity index (χ0) is 22.2. The largest absolute Gasteiger partial charge is 0.357 e. The highest BCUT2D eigenvalue weighted by atomic mass is 19.1. The predicted molar refractivity (Wildman–Crippen MR) is 121 cm³/mol. The first-order valence-electron chi connectivity index (χ1n) is 11.0. The number of hydrogen-bond donors (Lipinski definition) is 1. The van der Waals surface area contributed by atoms with Crippen molar-refractivity contribution in [2.24, 2.45) is 5.41 Å². The summed E-state index contributed by atoms with van der Waals surface area (Å²) in [4.78, 5) is 28.7. The van der Waals surface area contributed by atoms with E-state index in [2.05, 4.69) is 26.1 Å². The summed E-state index contributed by atoms with van der Waals surface area (Å²) in [6, 6.07) is 13.3. The molecule has 0 aromatic heterocycles. The number of ketones is 1. The van der Waals surface area contributed by atoms with Crippen LogP contribution in [0.25, 0.3) is 0 Å². The minimum absolute atomic E-state index is 0.0307. The Hall–Kier alpha value is -2.95. The van der Waals surface area contributed by atoms with Crippen molar-refractivity contribution in [2.75, 3.05) is 10.2 Å². The Morgan fingerprint density at radius 3 is 2.55 bits per heavy atom. The maximum absolute atomic E-state index is 13.7. The van der Waals surface area contributed by atoms with Crippen LogP contribution < -0.4 is 10.2 Å². The number of nitrogens with one attached hydrogen (secondary N) is 1. The summed E-state index contributed by atoms with van der Waals surface area (Å²) in [7, 11) is 0.